The maximum atomic E-state index is 13.3. The highest BCUT2D eigenvalue weighted by molar-refractivity contribution is 8.15. The van der Waals surface area contributed by atoms with Gasteiger partial charge in [-0.15, -0.1) is 0 Å². The zero-order chi connectivity index (χ0) is 57.8. The molecule has 0 amide bonds. The number of methoxy groups -OCH3 is 6. The Morgan fingerprint density at radius 2 is 0.321 bits per heavy atom. The quantitative estimate of drug-likeness (QED) is 0.103. The van der Waals surface area contributed by atoms with Crippen LogP contribution in [0, 0.1) is 0 Å². The van der Waals surface area contributed by atoms with Crippen LogP contribution in [0.1, 0.15) is 66.8 Å². The first-order valence-electron chi connectivity index (χ1n) is 22.0. The van der Waals surface area contributed by atoms with Gasteiger partial charge in [0.05, 0.1) is 72.0 Å². The number of halogens is 6. The summed E-state index contributed by atoms with van der Waals surface area (Å²) in [5.41, 5.74) is 0.648. The van der Waals surface area contributed by atoms with Gasteiger partial charge in [0.2, 0.25) is 0 Å². The summed E-state index contributed by atoms with van der Waals surface area (Å²) in [5, 5.41) is 0. The predicted molar refractivity (Wildman–Crippen MR) is 293 cm³/mol. The van der Waals surface area contributed by atoms with E-state index in [9.17, 15) is 50.5 Å². The molecule has 7 rings (SSSR count). The van der Waals surface area contributed by atoms with Crippen LogP contribution in [0.5, 0.6) is 34.5 Å². The minimum absolute atomic E-state index is 0.0135. The van der Waals surface area contributed by atoms with Gasteiger partial charge in [-0.3, -0.25) is 0 Å². The van der Waals surface area contributed by atoms with E-state index < -0.39 is 122 Å². The average Bonchev–Trinajstić information content (AvgIpc) is 3.38. The van der Waals surface area contributed by atoms with E-state index in [4.69, 9.17) is 92.5 Å². The molecule has 12 bridgehead atoms. The van der Waals surface area contributed by atoms with Crippen LogP contribution in [0.3, 0.4) is 0 Å². The molecule has 420 valence electrons. The van der Waals surface area contributed by atoms with Gasteiger partial charge in [0.1, 0.15) is 34.5 Å². The lowest BCUT2D eigenvalue weighted by molar-refractivity contribution is 0.395. The summed E-state index contributed by atoms with van der Waals surface area (Å²) in [7, 11) is 16.0. The molecule has 78 heavy (non-hydrogen) atoms. The zero-order valence-electron chi connectivity index (χ0n) is 41.2. The maximum absolute atomic E-state index is 13.3. The molecule has 1 aliphatic carbocycles. The second-order valence-electron chi connectivity index (χ2n) is 17.3. The van der Waals surface area contributed by atoms with Crippen LogP contribution in [0.2, 0.25) is 0 Å². The topological polar surface area (TPSA) is 260 Å². The molecule has 18 nitrogen and oxygen atoms in total. The third-order valence-electron chi connectivity index (χ3n) is 12.5. The fraction of sp³-hybridized carbons (Fsp3) is 0.250. The van der Waals surface area contributed by atoms with Crippen molar-refractivity contribution in [2.75, 3.05) is 42.7 Å². The Labute approximate surface area is 477 Å². The predicted octanol–water partition coefficient (Wildman–Crippen LogP) is 9.16. The zero-order valence-corrected chi connectivity index (χ0v) is 50.7. The fourth-order valence-corrected chi connectivity index (χ4v) is 14.6. The number of ether oxygens (including phenoxy) is 6. The lowest BCUT2D eigenvalue weighted by Gasteiger charge is -2.22. The Hall–Kier alpha value is -4.44. The molecule has 0 heterocycles. The second kappa shape index (κ2) is 22.8. The van der Waals surface area contributed by atoms with E-state index in [0.717, 1.165) is 72.8 Å². The van der Waals surface area contributed by atoms with Crippen molar-refractivity contribution in [2.24, 2.45) is 0 Å². The Morgan fingerprint density at radius 3 is 0.385 bits per heavy atom. The normalized spacial score (nSPS) is 13.7. The molecule has 0 fully saturated rings. The molecule has 1 aliphatic rings. The van der Waals surface area contributed by atoms with E-state index in [1.54, 1.807) is 0 Å². The van der Waals surface area contributed by atoms with Gasteiger partial charge in [0.15, 0.2) is 0 Å². The van der Waals surface area contributed by atoms with Crippen LogP contribution in [-0.4, -0.2) is 93.2 Å². The summed E-state index contributed by atoms with van der Waals surface area (Å²) in [6.45, 7) is 0. The maximum Gasteiger partial charge on any atom is 0.261 e. The van der Waals surface area contributed by atoms with E-state index in [1.807, 2.05) is 0 Å². The van der Waals surface area contributed by atoms with Crippen molar-refractivity contribution >= 4 is 118 Å². The third kappa shape index (κ3) is 13.3. The summed E-state index contributed by atoms with van der Waals surface area (Å²) in [6, 6.07) is 13.9. The Bertz CT molecular complexity index is 3340. The van der Waals surface area contributed by atoms with Gasteiger partial charge >= 0.3 is 0 Å². The molecular weight excluding hydrogens is 1270 g/mol. The number of fused-ring (bicyclic) bond motifs is 12. The monoisotopic (exact) mass is 1310 g/mol. The van der Waals surface area contributed by atoms with Crippen LogP contribution in [-0.2, 0) is 92.8 Å². The first-order chi connectivity index (χ1) is 36.1. The van der Waals surface area contributed by atoms with E-state index in [-0.39, 0.29) is 101 Å². The van der Waals surface area contributed by atoms with E-state index in [2.05, 4.69) is 0 Å². The molecule has 6 aromatic carbocycles. The van der Waals surface area contributed by atoms with E-state index in [0.29, 0.717) is 0 Å². The lowest BCUT2D eigenvalue weighted by Crippen LogP contribution is -2.10. The second-order valence-corrected chi connectivity index (χ2v) is 32.7. The van der Waals surface area contributed by atoms with Gasteiger partial charge in [0, 0.05) is 169 Å². The first-order valence-corrected chi connectivity index (χ1v) is 35.9. The molecule has 0 spiro atoms. The summed E-state index contributed by atoms with van der Waals surface area (Å²) in [5.74, 6) is -0.0810. The molecule has 0 saturated carbocycles. The van der Waals surface area contributed by atoms with Crippen LogP contribution in [0.15, 0.2) is 102 Å². The van der Waals surface area contributed by atoms with Gasteiger partial charge in [-0.25, -0.2) is 50.5 Å². The van der Waals surface area contributed by atoms with Gasteiger partial charge in [0.25, 0.3) is 54.3 Å². The smallest absolute Gasteiger partial charge is 0.261 e. The molecule has 0 atom stereocenters. The first kappa shape index (κ1) is 61.2. The highest BCUT2D eigenvalue weighted by Crippen LogP contribution is 2.44. The van der Waals surface area contributed by atoms with Gasteiger partial charge in [-0.1, -0.05) is 0 Å². The van der Waals surface area contributed by atoms with E-state index >= 15 is 0 Å². The van der Waals surface area contributed by atoms with Crippen molar-refractivity contribution in [1.29, 1.82) is 0 Å². The largest absolute Gasteiger partial charge is 0.496 e. The highest BCUT2D eigenvalue weighted by atomic mass is 35.7. The van der Waals surface area contributed by atoms with Crippen LogP contribution < -0.4 is 28.4 Å². The standard InChI is InChI=1S/C48H42Cl6O18S6/c1-67-43-25-7-27-15-38(74(50,57)58)17-29(44(27)68-2)9-31-19-40(76(52,61)62)21-33(46(31)70-4)11-35-23-42(78(54,65)66)24-36(48(35)72-6)12-34-22-41(77(53,63)64)20-32(47(34)71-5)10-30-18-39(75(51,59)60)16-28(45(30)69-3)8-26(43)14-37(13-25)73(49,55)56/h13-24H,7-12H2,1-6H3. The summed E-state index contributed by atoms with van der Waals surface area (Å²) >= 11 is 0. The minimum Gasteiger partial charge on any atom is -0.496 e. The average molecular weight is 1310 g/mol. The van der Waals surface area contributed by atoms with Crippen molar-refractivity contribution in [3.8, 4) is 34.5 Å². The van der Waals surface area contributed by atoms with Crippen molar-refractivity contribution in [2.45, 2.75) is 67.9 Å². The van der Waals surface area contributed by atoms with Crippen LogP contribution in [0.4, 0.5) is 0 Å². The fourth-order valence-electron chi connectivity index (χ4n) is 9.56. The Balaban J connectivity index is 1.68. The molecule has 0 aliphatic heterocycles. The number of rotatable bonds is 12. The molecule has 0 N–H and O–H groups in total. The molecular formula is C48H42Cl6O18S6. The van der Waals surface area contributed by atoms with Gasteiger partial charge in [-0.05, 0) is 72.8 Å². The van der Waals surface area contributed by atoms with Crippen molar-refractivity contribution in [3.63, 3.8) is 0 Å². The number of hydrogen-bond acceptors (Lipinski definition) is 18. The van der Waals surface area contributed by atoms with Crippen molar-refractivity contribution in [3.05, 3.63) is 140 Å². The minimum atomic E-state index is -4.61. The molecule has 0 radical (unpaired) electrons. The summed E-state index contributed by atoms with van der Waals surface area (Å²) in [4.78, 5) is -2.91. The molecule has 0 aromatic heterocycles. The number of benzene rings is 6. The summed E-state index contributed by atoms with van der Waals surface area (Å²) in [6.07, 6.45) is -2.37. The van der Waals surface area contributed by atoms with Gasteiger partial charge < -0.3 is 28.4 Å². The van der Waals surface area contributed by atoms with Gasteiger partial charge in [-0.2, -0.15) is 0 Å². The molecule has 30 heteroatoms. The third-order valence-corrected chi connectivity index (χ3v) is 20.5. The molecule has 0 saturated heterocycles. The van der Waals surface area contributed by atoms with Crippen LogP contribution in [0.25, 0.3) is 0 Å². The van der Waals surface area contributed by atoms with Crippen molar-refractivity contribution in [1.82, 2.24) is 0 Å². The van der Waals surface area contributed by atoms with Crippen molar-refractivity contribution < 1.29 is 78.9 Å². The highest BCUT2D eigenvalue weighted by Gasteiger charge is 2.30. The number of hydrogen-bond donors (Lipinski definition) is 0. The lowest BCUT2D eigenvalue weighted by atomic mass is 9.91. The molecule has 0 unspecified atom stereocenters. The van der Waals surface area contributed by atoms with E-state index in [1.165, 1.54) is 42.7 Å². The SMILES string of the molecule is COc1c2cc(S(=O)(=O)Cl)cc1Cc1cc(S(=O)(=O)Cl)cc(c1OC)Cc1cc(S(=O)(=O)Cl)cc(c1OC)Cc1cc(S(=O)(=O)Cl)cc(c1OC)Cc1cc(S(=O)(=O)Cl)cc(c1OC)Cc1cc(S(=O)(=O)Cl)cc(c1OC)C2. The molecule has 6 aromatic rings. The van der Waals surface area contributed by atoms with Crippen LogP contribution >= 0.6 is 64.1 Å². The Morgan fingerprint density at radius 1 is 0.231 bits per heavy atom. The Kier molecular flexibility index (Phi) is 17.9. The summed E-state index contributed by atoms with van der Waals surface area (Å²) < 4.78 is 195.